The Morgan fingerprint density at radius 2 is 1.66 bits per heavy atom. The standard InChI is InChI=1S/C25H28N2O5/c1-15(2)21(13-23(28)27-12-11-22(27)24(29)30)26-25(31)32-14-20-18-9-5-3-7-16(18)17-8-4-6-10-19(17)20/h3-10,15,20-22H,11-14H2,1-2H3,(H,26,31)(H,29,30)/t21-,22?/m1/s1. The van der Waals surface area contributed by atoms with Gasteiger partial charge in [-0.2, -0.15) is 0 Å². The van der Waals surface area contributed by atoms with Crippen LogP contribution in [0.1, 0.15) is 43.7 Å². The summed E-state index contributed by atoms with van der Waals surface area (Å²) in [5, 5.41) is 12.0. The van der Waals surface area contributed by atoms with Crippen molar-refractivity contribution in [3.8, 4) is 11.1 Å². The monoisotopic (exact) mass is 436 g/mol. The number of likely N-dealkylation sites (tertiary alicyclic amines) is 1. The lowest BCUT2D eigenvalue weighted by atomic mass is 9.97. The van der Waals surface area contributed by atoms with Gasteiger partial charge < -0.3 is 20.1 Å². The van der Waals surface area contributed by atoms with Crippen LogP contribution in [0.2, 0.25) is 0 Å². The Balaban J connectivity index is 1.37. The number of hydrogen-bond donors (Lipinski definition) is 2. The summed E-state index contributed by atoms with van der Waals surface area (Å²) < 4.78 is 5.59. The predicted octanol–water partition coefficient (Wildman–Crippen LogP) is 3.63. The molecule has 7 heteroatoms. The van der Waals surface area contributed by atoms with Crippen molar-refractivity contribution in [2.45, 2.75) is 44.7 Å². The SMILES string of the molecule is CC(C)[C@@H](CC(=O)N1CCC1C(=O)O)NC(=O)OCC1c2ccccc2-c2ccccc21. The van der Waals surface area contributed by atoms with Gasteiger partial charge in [-0.05, 0) is 34.6 Å². The zero-order valence-electron chi connectivity index (χ0n) is 18.3. The molecule has 0 saturated carbocycles. The molecule has 0 bridgehead atoms. The Labute approximate surface area is 187 Å². The fraction of sp³-hybridized carbons (Fsp3) is 0.400. The smallest absolute Gasteiger partial charge is 0.407 e. The van der Waals surface area contributed by atoms with Crippen LogP contribution in [-0.4, -0.2) is 53.2 Å². The van der Waals surface area contributed by atoms with E-state index in [2.05, 4.69) is 29.6 Å². The maximum absolute atomic E-state index is 12.6. The third kappa shape index (κ3) is 4.20. The summed E-state index contributed by atoms with van der Waals surface area (Å²) in [4.78, 5) is 37.7. The zero-order chi connectivity index (χ0) is 22.8. The molecule has 2 aliphatic rings. The van der Waals surface area contributed by atoms with Crippen LogP contribution in [0.3, 0.4) is 0 Å². The van der Waals surface area contributed by atoms with Gasteiger partial charge in [0, 0.05) is 24.9 Å². The van der Waals surface area contributed by atoms with E-state index in [1.807, 2.05) is 38.1 Å². The number of amides is 2. The number of aliphatic carboxylic acids is 1. The van der Waals surface area contributed by atoms with Crippen molar-refractivity contribution in [3.05, 3.63) is 59.7 Å². The van der Waals surface area contributed by atoms with Crippen molar-refractivity contribution in [3.63, 3.8) is 0 Å². The van der Waals surface area contributed by atoms with Gasteiger partial charge in [0.1, 0.15) is 12.6 Å². The highest BCUT2D eigenvalue weighted by Gasteiger charge is 2.38. The van der Waals surface area contributed by atoms with E-state index in [0.717, 1.165) is 22.3 Å². The van der Waals surface area contributed by atoms with Crippen molar-refractivity contribution >= 4 is 18.0 Å². The van der Waals surface area contributed by atoms with Crippen LogP contribution >= 0.6 is 0 Å². The van der Waals surface area contributed by atoms with Gasteiger partial charge >= 0.3 is 12.1 Å². The second kappa shape index (κ2) is 9.02. The van der Waals surface area contributed by atoms with Gasteiger partial charge in [-0.3, -0.25) is 4.79 Å². The highest BCUT2D eigenvalue weighted by molar-refractivity contribution is 5.86. The largest absolute Gasteiger partial charge is 0.480 e. The average molecular weight is 437 g/mol. The van der Waals surface area contributed by atoms with Gasteiger partial charge in [0.25, 0.3) is 0 Å². The zero-order valence-corrected chi connectivity index (χ0v) is 18.3. The fourth-order valence-electron chi connectivity index (χ4n) is 4.49. The van der Waals surface area contributed by atoms with Crippen molar-refractivity contribution in [1.82, 2.24) is 10.2 Å². The van der Waals surface area contributed by atoms with Crippen molar-refractivity contribution < 1.29 is 24.2 Å². The topological polar surface area (TPSA) is 95.9 Å². The van der Waals surface area contributed by atoms with Crippen LogP contribution in [-0.2, 0) is 14.3 Å². The molecule has 2 atom stereocenters. The van der Waals surface area contributed by atoms with Crippen LogP contribution in [0, 0.1) is 5.92 Å². The highest BCUT2D eigenvalue weighted by atomic mass is 16.5. The van der Waals surface area contributed by atoms with E-state index in [-0.39, 0.29) is 30.8 Å². The van der Waals surface area contributed by atoms with Crippen LogP contribution in [0.25, 0.3) is 11.1 Å². The Morgan fingerprint density at radius 3 is 2.16 bits per heavy atom. The van der Waals surface area contributed by atoms with Crippen LogP contribution in [0.4, 0.5) is 4.79 Å². The summed E-state index contributed by atoms with van der Waals surface area (Å²) in [5.41, 5.74) is 4.58. The molecule has 4 rings (SSSR count). The van der Waals surface area contributed by atoms with Crippen molar-refractivity contribution in [2.24, 2.45) is 5.92 Å². The van der Waals surface area contributed by atoms with Crippen LogP contribution < -0.4 is 5.32 Å². The third-order valence-corrected chi connectivity index (χ3v) is 6.47. The van der Waals surface area contributed by atoms with E-state index < -0.39 is 24.1 Å². The Morgan fingerprint density at radius 1 is 1.06 bits per heavy atom. The van der Waals surface area contributed by atoms with Crippen molar-refractivity contribution in [2.75, 3.05) is 13.2 Å². The summed E-state index contributed by atoms with van der Waals surface area (Å²) in [6, 6.07) is 15.1. The molecule has 2 amide bonds. The predicted molar refractivity (Wildman–Crippen MR) is 119 cm³/mol. The number of carbonyl (C=O) groups is 3. The maximum Gasteiger partial charge on any atom is 0.407 e. The first-order valence-corrected chi connectivity index (χ1v) is 11.0. The summed E-state index contributed by atoms with van der Waals surface area (Å²) in [6.07, 6.45) is -0.0597. The highest BCUT2D eigenvalue weighted by Crippen LogP contribution is 2.44. The molecule has 0 spiro atoms. The van der Waals surface area contributed by atoms with E-state index in [1.54, 1.807) is 0 Å². The van der Waals surface area contributed by atoms with Gasteiger partial charge in [-0.1, -0.05) is 62.4 Å². The van der Waals surface area contributed by atoms with E-state index in [4.69, 9.17) is 4.74 Å². The molecule has 168 valence electrons. The Kier molecular flexibility index (Phi) is 6.17. The molecule has 0 radical (unpaired) electrons. The molecular formula is C25H28N2O5. The quantitative estimate of drug-likeness (QED) is 0.691. The Bertz CT molecular complexity index is 989. The number of ether oxygens (including phenoxy) is 1. The summed E-state index contributed by atoms with van der Waals surface area (Å²) in [6.45, 7) is 4.45. The number of carboxylic acid groups (broad SMARTS) is 1. The van der Waals surface area contributed by atoms with E-state index in [9.17, 15) is 19.5 Å². The van der Waals surface area contributed by atoms with E-state index in [0.29, 0.717) is 13.0 Å². The average Bonchev–Trinajstić information content (AvgIpc) is 3.04. The van der Waals surface area contributed by atoms with E-state index >= 15 is 0 Å². The van der Waals surface area contributed by atoms with Crippen molar-refractivity contribution in [1.29, 1.82) is 0 Å². The lowest BCUT2D eigenvalue weighted by molar-refractivity contribution is -0.157. The first-order valence-electron chi connectivity index (χ1n) is 11.0. The summed E-state index contributed by atoms with van der Waals surface area (Å²) >= 11 is 0. The third-order valence-electron chi connectivity index (χ3n) is 6.47. The summed E-state index contributed by atoms with van der Waals surface area (Å²) in [7, 11) is 0. The van der Waals surface area contributed by atoms with Crippen LogP contribution in [0.5, 0.6) is 0 Å². The molecule has 1 unspecified atom stereocenters. The number of benzene rings is 2. The molecule has 1 saturated heterocycles. The minimum absolute atomic E-state index is 0.0102. The maximum atomic E-state index is 12.6. The normalized spacial score (nSPS) is 17.8. The molecule has 1 aliphatic heterocycles. The molecule has 32 heavy (non-hydrogen) atoms. The number of rotatable bonds is 7. The van der Waals surface area contributed by atoms with Gasteiger partial charge in [0.2, 0.25) is 5.91 Å². The van der Waals surface area contributed by atoms with E-state index in [1.165, 1.54) is 4.90 Å². The minimum Gasteiger partial charge on any atom is -0.480 e. The Hall–Kier alpha value is -3.35. The second-order valence-corrected chi connectivity index (χ2v) is 8.75. The van der Waals surface area contributed by atoms with Gasteiger partial charge in [-0.15, -0.1) is 0 Å². The fourth-order valence-corrected chi connectivity index (χ4v) is 4.49. The molecule has 2 aromatic rings. The molecule has 1 fully saturated rings. The molecule has 2 N–H and O–H groups in total. The molecule has 1 heterocycles. The number of alkyl carbamates (subject to hydrolysis) is 1. The number of fused-ring (bicyclic) bond motifs is 3. The summed E-state index contributed by atoms with van der Waals surface area (Å²) in [5.74, 6) is -1.30. The molecule has 7 nitrogen and oxygen atoms in total. The minimum atomic E-state index is -0.991. The molecule has 1 aliphatic carbocycles. The van der Waals surface area contributed by atoms with Gasteiger partial charge in [-0.25, -0.2) is 9.59 Å². The number of carboxylic acids is 1. The molecular weight excluding hydrogens is 408 g/mol. The number of nitrogens with one attached hydrogen (secondary N) is 1. The first kappa shape index (κ1) is 21.9. The first-order chi connectivity index (χ1) is 15.4. The lowest BCUT2D eigenvalue weighted by Gasteiger charge is -2.39. The lowest BCUT2D eigenvalue weighted by Crippen LogP contribution is -2.56. The van der Waals surface area contributed by atoms with Gasteiger partial charge in [0.05, 0.1) is 0 Å². The number of carbonyl (C=O) groups excluding carboxylic acids is 2. The molecule has 0 aromatic heterocycles. The van der Waals surface area contributed by atoms with Crippen LogP contribution in [0.15, 0.2) is 48.5 Å². The number of hydrogen-bond acceptors (Lipinski definition) is 4. The number of nitrogens with zero attached hydrogens (tertiary/aromatic N) is 1. The molecule has 2 aromatic carbocycles. The second-order valence-electron chi connectivity index (χ2n) is 8.75. The van der Waals surface area contributed by atoms with Gasteiger partial charge in [0.15, 0.2) is 0 Å².